The summed E-state index contributed by atoms with van der Waals surface area (Å²) in [6.45, 7) is 1.03. The lowest BCUT2D eigenvalue weighted by Gasteiger charge is -2.14. The average molecular weight is 281 g/mol. The molecule has 1 atom stereocenters. The van der Waals surface area contributed by atoms with Crippen molar-refractivity contribution in [1.82, 2.24) is 0 Å². The first-order valence-electron chi connectivity index (χ1n) is 6.12. The van der Waals surface area contributed by atoms with Crippen LogP contribution in [0, 0.1) is 10.1 Å². The molecule has 1 heterocycles. The highest BCUT2D eigenvalue weighted by Gasteiger charge is 2.19. The zero-order valence-electron chi connectivity index (χ0n) is 10.7. The lowest BCUT2D eigenvalue weighted by Crippen LogP contribution is -2.20. The van der Waals surface area contributed by atoms with Gasteiger partial charge in [-0.3, -0.25) is 10.1 Å². The lowest BCUT2D eigenvalue weighted by atomic mass is 10.1. The third-order valence-electron chi connectivity index (χ3n) is 3.01. The van der Waals surface area contributed by atoms with Crippen LogP contribution in [0.2, 0.25) is 0 Å². The first-order chi connectivity index (χ1) is 9.61. The number of hydrogen-bond donors (Lipinski definition) is 2. The van der Waals surface area contributed by atoms with Crippen LogP contribution in [-0.2, 0) is 4.74 Å². The van der Waals surface area contributed by atoms with E-state index in [-0.39, 0.29) is 23.2 Å². The zero-order valence-corrected chi connectivity index (χ0v) is 10.7. The Morgan fingerprint density at radius 3 is 3.05 bits per heavy atom. The molecule has 1 aromatic rings. The Bertz CT molecular complexity index is 526. The Morgan fingerprint density at radius 1 is 1.65 bits per heavy atom. The molecule has 0 bridgehead atoms. The summed E-state index contributed by atoms with van der Waals surface area (Å²) in [7, 11) is 0. The molecule has 1 aromatic carbocycles. The zero-order chi connectivity index (χ0) is 14.5. The normalized spacial score (nSPS) is 19.0. The summed E-state index contributed by atoms with van der Waals surface area (Å²) in [4.78, 5) is 10.2. The third kappa shape index (κ3) is 3.15. The van der Waals surface area contributed by atoms with Crippen molar-refractivity contribution >= 4 is 11.5 Å². The van der Waals surface area contributed by atoms with Crippen LogP contribution in [0.25, 0.3) is 0 Å². The van der Waals surface area contributed by atoms with E-state index in [0.717, 1.165) is 12.8 Å². The van der Waals surface area contributed by atoms with E-state index in [1.54, 1.807) is 0 Å². The predicted molar refractivity (Wildman–Crippen MR) is 70.1 cm³/mol. The van der Waals surface area contributed by atoms with Crippen molar-refractivity contribution in [2.45, 2.75) is 18.9 Å². The fraction of sp³-hybridized carbons (Fsp3) is 0.417. The van der Waals surface area contributed by atoms with Crippen molar-refractivity contribution in [2.24, 2.45) is 10.9 Å². The maximum atomic E-state index is 10.7. The molecule has 1 saturated heterocycles. The van der Waals surface area contributed by atoms with Gasteiger partial charge in [-0.15, -0.1) is 0 Å². The maximum absolute atomic E-state index is 10.7. The molecular formula is C12H15N3O5. The number of hydrogen-bond acceptors (Lipinski definition) is 6. The molecule has 0 aromatic heterocycles. The van der Waals surface area contributed by atoms with E-state index in [4.69, 9.17) is 20.4 Å². The van der Waals surface area contributed by atoms with Gasteiger partial charge in [-0.1, -0.05) is 5.16 Å². The molecule has 2 rings (SSSR count). The molecule has 1 aliphatic heterocycles. The van der Waals surface area contributed by atoms with Gasteiger partial charge in [0.25, 0.3) is 5.69 Å². The number of nitrogens with zero attached hydrogens (tertiary/aromatic N) is 2. The monoisotopic (exact) mass is 281 g/mol. The van der Waals surface area contributed by atoms with E-state index in [1.807, 2.05) is 0 Å². The van der Waals surface area contributed by atoms with E-state index < -0.39 is 4.92 Å². The molecule has 1 fully saturated rings. The number of nitrogens with two attached hydrogens (primary N) is 1. The van der Waals surface area contributed by atoms with Crippen LogP contribution in [0.4, 0.5) is 5.69 Å². The van der Waals surface area contributed by atoms with Gasteiger partial charge in [-0.2, -0.15) is 0 Å². The molecule has 0 saturated carbocycles. The molecule has 0 amide bonds. The molecule has 8 nitrogen and oxygen atoms in total. The second-order valence-electron chi connectivity index (χ2n) is 4.37. The van der Waals surface area contributed by atoms with Crippen LogP contribution in [0.1, 0.15) is 18.4 Å². The minimum atomic E-state index is -0.558. The lowest BCUT2D eigenvalue weighted by molar-refractivity contribution is -0.384. The van der Waals surface area contributed by atoms with Crippen molar-refractivity contribution < 1.29 is 19.6 Å². The molecule has 0 spiro atoms. The maximum Gasteiger partial charge on any atom is 0.270 e. The summed E-state index contributed by atoms with van der Waals surface area (Å²) in [6, 6.07) is 3.94. The fourth-order valence-electron chi connectivity index (χ4n) is 1.97. The average Bonchev–Trinajstić information content (AvgIpc) is 2.97. The van der Waals surface area contributed by atoms with Gasteiger partial charge in [0.05, 0.1) is 16.6 Å². The third-order valence-corrected chi connectivity index (χ3v) is 3.01. The van der Waals surface area contributed by atoms with E-state index in [2.05, 4.69) is 5.16 Å². The Balaban J connectivity index is 2.19. The van der Waals surface area contributed by atoms with Crippen molar-refractivity contribution in [1.29, 1.82) is 0 Å². The summed E-state index contributed by atoms with van der Waals surface area (Å²) in [5.41, 5.74) is 5.54. The fourth-order valence-corrected chi connectivity index (χ4v) is 1.97. The number of nitro benzene ring substituents is 1. The van der Waals surface area contributed by atoms with Crippen molar-refractivity contribution in [3.8, 4) is 5.75 Å². The summed E-state index contributed by atoms with van der Waals surface area (Å²) in [5, 5.41) is 22.3. The Hall–Kier alpha value is -2.35. The number of rotatable bonds is 5. The van der Waals surface area contributed by atoms with Gasteiger partial charge in [-0.25, -0.2) is 0 Å². The van der Waals surface area contributed by atoms with Crippen molar-refractivity contribution in [2.75, 3.05) is 13.2 Å². The molecule has 3 N–H and O–H groups in total. The van der Waals surface area contributed by atoms with Crippen LogP contribution in [0.3, 0.4) is 0 Å². The van der Waals surface area contributed by atoms with Crippen LogP contribution in [0.5, 0.6) is 5.75 Å². The largest absolute Gasteiger partial charge is 0.490 e. The van der Waals surface area contributed by atoms with E-state index >= 15 is 0 Å². The predicted octanol–water partition coefficient (Wildman–Crippen LogP) is 1.25. The summed E-state index contributed by atoms with van der Waals surface area (Å²) < 4.78 is 11.0. The van der Waals surface area contributed by atoms with Crippen LogP contribution in [-0.4, -0.2) is 35.3 Å². The first kappa shape index (κ1) is 14.1. The summed E-state index contributed by atoms with van der Waals surface area (Å²) in [6.07, 6.45) is 1.90. The molecule has 20 heavy (non-hydrogen) atoms. The number of nitro groups is 1. The van der Waals surface area contributed by atoms with E-state index in [0.29, 0.717) is 19.0 Å². The Kier molecular flexibility index (Phi) is 4.36. The molecule has 0 radical (unpaired) electrons. The van der Waals surface area contributed by atoms with Gasteiger partial charge in [-0.05, 0) is 18.9 Å². The molecule has 1 unspecified atom stereocenters. The van der Waals surface area contributed by atoms with Crippen molar-refractivity contribution in [3.05, 3.63) is 33.9 Å². The second-order valence-corrected chi connectivity index (χ2v) is 4.37. The standard InChI is InChI=1S/C12H15N3O5/c13-12(14-16)10-6-8(15(17)18)3-4-11(10)20-7-9-2-1-5-19-9/h3-4,6,9,16H,1-2,5,7H2,(H2,13,14). The highest BCUT2D eigenvalue weighted by molar-refractivity contribution is 6.00. The number of non-ortho nitro benzene ring substituents is 1. The first-order valence-corrected chi connectivity index (χ1v) is 6.12. The summed E-state index contributed by atoms with van der Waals surface area (Å²) >= 11 is 0. The van der Waals surface area contributed by atoms with Gasteiger partial charge in [0.15, 0.2) is 5.84 Å². The van der Waals surface area contributed by atoms with E-state index in [9.17, 15) is 10.1 Å². The topological polar surface area (TPSA) is 120 Å². The Labute approximate surface area is 114 Å². The number of ether oxygens (including phenoxy) is 2. The Morgan fingerprint density at radius 2 is 2.45 bits per heavy atom. The SMILES string of the molecule is NC(=NO)c1cc([N+](=O)[O-])ccc1OCC1CCCO1. The minimum absolute atomic E-state index is 0.00494. The quantitative estimate of drug-likeness (QED) is 0.275. The summed E-state index contributed by atoms with van der Waals surface area (Å²) in [5.74, 6) is 0.0810. The van der Waals surface area contributed by atoms with Gasteiger partial charge in [0.1, 0.15) is 12.4 Å². The van der Waals surface area contributed by atoms with Crippen molar-refractivity contribution in [3.63, 3.8) is 0 Å². The smallest absolute Gasteiger partial charge is 0.270 e. The minimum Gasteiger partial charge on any atom is -0.490 e. The van der Waals surface area contributed by atoms with E-state index in [1.165, 1.54) is 18.2 Å². The molecule has 8 heteroatoms. The number of benzene rings is 1. The van der Waals surface area contributed by atoms with Crippen LogP contribution < -0.4 is 10.5 Å². The molecule has 1 aliphatic rings. The van der Waals surface area contributed by atoms with Gasteiger partial charge in [0.2, 0.25) is 0 Å². The van der Waals surface area contributed by atoms with Crippen LogP contribution in [0.15, 0.2) is 23.4 Å². The highest BCUT2D eigenvalue weighted by atomic mass is 16.6. The van der Waals surface area contributed by atoms with Gasteiger partial charge < -0.3 is 20.4 Å². The second kappa shape index (κ2) is 6.20. The van der Waals surface area contributed by atoms with Gasteiger partial charge in [0, 0.05) is 18.7 Å². The molecule has 0 aliphatic carbocycles. The number of oxime groups is 1. The molecule has 108 valence electrons. The van der Waals surface area contributed by atoms with Gasteiger partial charge >= 0.3 is 0 Å². The molecular weight excluding hydrogens is 266 g/mol. The van der Waals surface area contributed by atoms with Crippen LogP contribution >= 0.6 is 0 Å². The highest BCUT2D eigenvalue weighted by Crippen LogP contribution is 2.25. The number of amidine groups is 1.